The predicted molar refractivity (Wildman–Crippen MR) is 92.7 cm³/mol. The van der Waals surface area contributed by atoms with Gasteiger partial charge in [-0.2, -0.15) is 0 Å². The number of rotatable bonds is 4. The van der Waals surface area contributed by atoms with Crippen molar-refractivity contribution < 1.29 is 18.6 Å². The van der Waals surface area contributed by atoms with E-state index >= 15 is 0 Å². The molecule has 0 bridgehead atoms. The van der Waals surface area contributed by atoms with Gasteiger partial charge in [-0.05, 0) is 44.0 Å². The second kappa shape index (κ2) is 6.67. The Morgan fingerprint density at radius 2 is 2.00 bits per heavy atom. The smallest absolute Gasteiger partial charge is 0.293 e. The first-order chi connectivity index (χ1) is 12.7. The van der Waals surface area contributed by atoms with E-state index in [9.17, 15) is 4.79 Å². The Balaban J connectivity index is 1.55. The zero-order valence-electron chi connectivity index (χ0n) is 14.6. The Morgan fingerprint density at radius 3 is 2.69 bits per heavy atom. The maximum atomic E-state index is 12.9. The van der Waals surface area contributed by atoms with E-state index in [1.165, 1.54) is 0 Å². The molecule has 3 aromatic rings. The maximum Gasteiger partial charge on any atom is 0.293 e. The number of carbonyl (C=O) groups excluding carboxylic acids is 1. The number of nitrogens with zero attached hydrogens (tertiary/aromatic N) is 3. The third-order valence-electron chi connectivity index (χ3n) is 4.61. The lowest BCUT2D eigenvalue weighted by molar-refractivity contribution is 0.0688. The Kier molecular flexibility index (Phi) is 4.20. The molecule has 7 nitrogen and oxygen atoms in total. The second-order valence-corrected chi connectivity index (χ2v) is 6.32. The van der Waals surface area contributed by atoms with Gasteiger partial charge in [0.25, 0.3) is 5.91 Å². The fourth-order valence-corrected chi connectivity index (χ4v) is 3.28. The molecule has 1 aliphatic rings. The normalized spacial score (nSPS) is 16.8. The molecule has 26 heavy (non-hydrogen) atoms. The molecule has 1 aromatic carbocycles. The number of aryl methyl sites for hydroxylation is 1. The molecule has 1 atom stereocenters. The number of carbonyl (C=O) groups is 1. The summed E-state index contributed by atoms with van der Waals surface area (Å²) in [5, 5.41) is 8.11. The van der Waals surface area contributed by atoms with Crippen LogP contribution in [0.25, 0.3) is 11.3 Å². The highest BCUT2D eigenvalue weighted by Gasteiger charge is 2.34. The van der Waals surface area contributed by atoms with Crippen LogP contribution in [-0.2, 0) is 0 Å². The average molecular weight is 353 g/mol. The number of likely N-dealkylation sites (tertiary alicyclic amines) is 1. The fourth-order valence-electron chi connectivity index (χ4n) is 3.28. The van der Waals surface area contributed by atoms with Gasteiger partial charge in [0.1, 0.15) is 22.9 Å². The van der Waals surface area contributed by atoms with Crippen LogP contribution in [0.1, 0.15) is 40.9 Å². The first kappa shape index (κ1) is 16.4. The fraction of sp³-hybridized carbons (Fsp3) is 0.316. The molecule has 0 N–H and O–H groups in total. The van der Waals surface area contributed by atoms with Crippen molar-refractivity contribution in [1.29, 1.82) is 0 Å². The van der Waals surface area contributed by atoms with Gasteiger partial charge in [-0.1, -0.05) is 10.3 Å². The molecule has 1 amide bonds. The molecule has 7 heteroatoms. The lowest BCUT2D eigenvalue weighted by Crippen LogP contribution is -2.30. The standard InChI is InChI=1S/C19H19N3O4/c1-12-10-16(21-25-12)17-4-3-9-22(17)19(23)18-11-15(20-26-18)13-5-7-14(24-2)8-6-13/h5-8,10-11,17H,3-4,9H2,1-2H3/t17-/m1/s1. The molecule has 0 spiro atoms. The minimum absolute atomic E-state index is 0.0884. The summed E-state index contributed by atoms with van der Waals surface area (Å²) in [5.41, 5.74) is 2.26. The third-order valence-corrected chi connectivity index (χ3v) is 4.61. The van der Waals surface area contributed by atoms with Crippen LogP contribution < -0.4 is 4.74 Å². The number of hydrogen-bond acceptors (Lipinski definition) is 6. The van der Waals surface area contributed by atoms with Gasteiger partial charge in [0, 0.05) is 24.2 Å². The van der Waals surface area contributed by atoms with Gasteiger partial charge in [0.15, 0.2) is 0 Å². The van der Waals surface area contributed by atoms with Crippen LogP contribution in [0.15, 0.2) is 45.4 Å². The Labute approximate surface area is 150 Å². The first-order valence-corrected chi connectivity index (χ1v) is 8.51. The van der Waals surface area contributed by atoms with E-state index < -0.39 is 0 Å². The molecule has 1 saturated heterocycles. The third kappa shape index (κ3) is 2.96. The van der Waals surface area contributed by atoms with Crippen LogP contribution in [0.2, 0.25) is 0 Å². The lowest BCUT2D eigenvalue weighted by Gasteiger charge is -2.21. The zero-order chi connectivity index (χ0) is 18.1. The molecular formula is C19H19N3O4. The number of amides is 1. The van der Waals surface area contributed by atoms with Gasteiger partial charge >= 0.3 is 0 Å². The van der Waals surface area contributed by atoms with Gasteiger partial charge in [-0.3, -0.25) is 4.79 Å². The van der Waals surface area contributed by atoms with E-state index in [1.807, 2.05) is 37.3 Å². The van der Waals surface area contributed by atoms with Crippen molar-refractivity contribution in [3.8, 4) is 17.0 Å². The van der Waals surface area contributed by atoms with Crippen LogP contribution >= 0.6 is 0 Å². The summed E-state index contributed by atoms with van der Waals surface area (Å²) in [7, 11) is 1.62. The van der Waals surface area contributed by atoms with E-state index in [0.717, 1.165) is 35.6 Å². The highest BCUT2D eigenvalue weighted by atomic mass is 16.5. The molecule has 3 heterocycles. The molecule has 0 unspecified atom stereocenters. The van der Waals surface area contributed by atoms with E-state index in [0.29, 0.717) is 12.2 Å². The van der Waals surface area contributed by atoms with Crippen LogP contribution in [0.3, 0.4) is 0 Å². The Bertz CT molecular complexity index is 913. The van der Waals surface area contributed by atoms with Gasteiger partial charge in [-0.15, -0.1) is 0 Å². The number of aromatic nitrogens is 2. The largest absolute Gasteiger partial charge is 0.497 e. The second-order valence-electron chi connectivity index (χ2n) is 6.32. The van der Waals surface area contributed by atoms with Crippen molar-refractivity contribution in [2.45, 2.75) is 25.8 Å². The first-order valence-electron chi connectivity index (χ1n) is 8.51. The van der Waals surface area contributed by atoms with E-state index in [-0.39, 0.29) is 17.7 Å². The van der Waals surface area contributed by atoms with Crippen molar-refractivity contribution in [2.24, 2.45) is 0 Å². The predicted octanol–water partition coefficient (Wildman–Crippen LogP) is 3.62. The summed E-state index contributed by atoms with van der Waals surface area (Å²) >= 11 is 0. The molecule has 1 aliphatic heterocycles. The van der Waals surface area contributed by atoms with Crippen molar-refractivity contribution in [1.82, 2.24) is 15.2 Å². The number of benzene rings is 1. The topological polar surface area (TPSA) is 81.6 Å². The summed E-state index contributed by atoms with van der Waals surface area (Å²) in [6.07, 6.45) is 1.78. The van der Waals surface area contributed by atoms with Crippen LogP contribution in [0.4, 0.5) is 0 Å². The highest BCUT2D eigenvalue weighted by Crippen LogP contribution is 2.33. The Morgan fingerprint density at radius 1 is 1.19 bits per heavy atom. The molecule has 0 radical (unpaired) electrons. The molecule has 1 fully saturated rings. The van der Waals surface area contributed by atoms with Crippen molar-refractivity contribution >= 4 is 5.91 Å². The molecule has 4 rings (SSSR count). The summed E-state index contributed by atoms with van der Waals surface area (Å²) < 4.78 is 15.6. The number of methoxy groups -OCH3 is 1. The molecule has 0 saturated carbocycles. The van der Waals surface area contributed by atoms with Crippen LogP contribution in [-0.4, -0.2) is 34.8 Å². The summed E-state index contributed by atoms with van der Waals surface area (Å²) in [6, 6.07) is 10.9. The van der Waals surface area contributed by atoms with Crippen LogP contribution in [0, 0.1) is 6.92 Å². The summed E-state index contributed by atoms with van der Waals surface area (Å²) in [5.74, 6) is 1.54. The minimum Gasteiger partial charge on any atom is -0.497 e. The zero-order valence-corrected chi connectivity index (χ0v) is 14.6. The summed E-state index contributed by atoms with van der Waals surface area (Å²) in [4.78, 5) is 14.7. The van der Waals surface area contributed by atoms with Gasteiger partial charge in [0.2, 0.25) is 5.76 Å². The van der Waals surface area contributed by atoms with E-state index in [2.05, 4.69) is 10.3 Å². The highest BCUT2D eigenvalue weighted by molar-refractivity contribution is 5.92. The quantitative estimate of drug-likeness (QED) is 0.712. The molecule has 134 valence electrons. The minimum atomic E-state index is -0.180. The van der Waals surface area contributed by atoms with Crippen molar-refractivity contribution in [3.63, 3.8) is 0 Å². The molecular weight excluding hydrogens is 334 g/mol. The van der Waals surface area contributed by atoms with E-state index in [4.69, 9.17) is 13.8 Å². The SMILES string of the molecule is COc1ccc(-c2cc(C(=O)N3CCC[C@@H]3c3cc(C)on3)on2)cc1. The number of ether oxygens (including phenoxy) is 1. The monoisotopic (exact) mass is 353 g/mol. The van der Waals surface area contributed by atoms with E-state index in [1.54, 1.807) is 18.1 Å². The van der Waals surface area contributed by atoms with Gasteiger partial charge < -0.3 is 18.7 Å². The number of hydrogen-bond donors (Lipinski definition) is 0. The van der Waals surface area contributed by atoms with Gasteiger partial charge in [0.05, 0.1) is 13.2 Å². The van der Waals surface area contributed by atoms with Crippen molar-refractivity contribution in [3.05, 3.63) is 53.6 Å². The maximum absolute atomic E-state index is 12.9. The average Bonchev–Trinajstić information content (AvgIpc) is 3.41. The van der Waals surface area contributed by atoms with Crippen molar-refractivity contribution in [2.75, 3.05) is 13.7 Å². The van der Waals surface area contributed by atoms with Crippen LogP contribution in [0.5, 0.6) is 5.75 Å². The lowest BCUT2D eigenvalue weighted by atomic mass is 10.1. The summed E-state index contributed by atoms with van der Waals surface area (Å²) in [6.45, 7) is 2.50. The van der Waals surface area contributed by atoms with Gasteiger partial charge in [-0.25, -0.2) is 0 Å². The molecule has 2 aromatic heterocycles. The Hall–Kier alpha value is -3.09. The molecule has 0 aliphatic carbocycles.